The van der Waals surface area contributed by atoms with E-state index in [9.17, 15) is 19.8 Å². The number of hydrogen-bond acceptors (Lipinski definition) is 5. The zero-order valence-corrected chi connectivity index (χ0v) is 33.5. The molecule has 296 valence electrons. The van der Waals surface area contributed by atoms with Gasteiger partial charge in [0.05, 0.1) is 25.2 Å². The molecule has 3 N–H and O–H groups in total. The Morgan fingerprint density at radius 2 is 1.00 bits per heavy atom. The third-order valence-corrected chi connectivity index (χ3v) is 10.1. The van der Waals surface area contributed by atoms with Crippen molar-refractivity contribution in [2.24, 2.45) is 0 Å². The molecule has 0 radical (unpaired) electrons. The van der Waals surface area contributed by atoms with Crippen LogP contribution in [0.4, 0.5) is 0 Å². The molecule has 1 amide bonds. The van der Waals surface area contributed by atoms with Crippen LogP contribution in [-0.2, 0) is 14.3 Å². The lowest BCUT2D eigenvalue weighted by molar-refractivity contribution is -0.151. The van der Waals surface area contributed by atoms with Gasteiger partial charge in [-0.3, -0.25) is 9.59 Å². The number of unbranched alkanes of at least 4 members (excludes halogenated alkanes) is 25. The lowest BCUT2D eigenvalue weighted by Crippen LogP contribution is -2.46. The van der Waals surface area contributed by atoms with E-state index in [4.69, 9.17) is 4.74 Å². The molecule has 0 spiro atoms. The fourth-order valence-corrected chi connectivity index (χ4v) is 6.73. The molecular weight excluding hydrogens is 622 g/mol. The van der Waals surface area contributed by atoms with Crippen molar-refractivity contribution in [3.8, 4) is 0 Å². The summed E-state index contributed by atoms with van der Waals surface area (Å²) in [7, 11) is 0. The van der Waals surface area contributed by atoms with Crippen LogP contribution in [0.3, 0.4) is 0 Å². The van der Waals surface area contributed by atoms with Crippen molar-refractivity contribution < 1.29 is 24.5 Å². The number of allylic oxidation sites excluding steroid dienone is 2. The summed E-state index contributed by atoms with van der Waals surface area (Å²) in [6, 6.07) is -0.697. The molecule has 0 aliphatic rings. The van der Waals surface area contributed by atoms with Crippen LogP contribution in [0.5, 0.6) is 0 Å². The number of hydrogen-bond donors (Lipinski definition) is 3. The summed E-state index contributed by atoms with van der Waals surface area (Å²) in [6.07, 6.45) is 40.0. The lowest BCUT2D eigenvalue weighted by atomic mass is 10.0. The highest BCUT2D eigenvalue weighted by molar-refractivity contribution is 5.77. The van der Waals surface area contributed by atoms with Gasteiger partial charge in [0.2, 0.25) is 5.91 Å². The van der Waals surface area contributed by atoms with Crippen molar-refractivity contribution in [1.82, 2.24) is 5.32 Å². The fourth-order valence-electron chi connectivity index (χ4n) is 6.73. The van der Waals surface area contributed by atoms with E-state index in [1.165, 1.54) is 116 Å². The highest BCUT2D eigenvalue weighted by Crippen LogP contribution is 2.17. The van der Waals surface area contributed by atoms with E-state index in [-0.39, 0.29) is 24.9 Å². The van der Waals surface area contributed by atoms with Crippen LogP contribution in [0.1, 0.15) is 233 Å². The molecule has 0 aliphatic carbocycles. The minimum absolute atomic E-state index is 0.0714. The van der Waals surface area contributed by atoms with Gasteiger partial charge in [-0.2, -0.15) is 0 Å². The van der Waals surface area contributed by atoms with Crippen LogP contribution in [0.15, 0.2) is 12.2 Å². The topological polar surface area (TPSA) is 95.9 Å². The highest BCUT2D eigenvalue weighted by Gasteiger charge is 2.24. The summed E-state index contributed by atoms with van der Waals surface area (Å²) in [6.45, 7) is 6.38. The van der Waals surface area contributed by atoms with Gasteiger partial charge in [-0.15, -0.1) is 0 Å². The molecule has 0 bridgehead atoms. The van der Waals surface area contributed by atoms with E-state index in [1.54, 1.807) is 0 Å². The Kier molecular flexibility index (Phi) is 37.7. The van der Waals surface area contributed by atoms with Crippen LogP contribution in [0.25, 0.3) is 0 Å². The molecule has 0 aromatic carbocycles. The lowest BCUT2D eigenvalue weighted by Gasteiger charge is -2.24. The normalized spacial score (nSPS) is 13.5. The first-order chi connectivity index (χ1) is 24.5. The maximum Gasteiger partial charge on any atom is 0.306 e. The molecule has 0 saturated heterocycles. The Balaban J connectivity index is 4.45. The largest absolute Gasteiger partial charge is 0.462 e. The molecule has 0 fully saturated rings. The second-order valence-electron chi connectivity index (χ2n) is 15.1. The molecule has 0 aromatic rings. The molecule has 3 atom stereocenters. The monoisotopic (exact) mass is 708 g/mol. The molecule has 0 aromatic heterocycles. The molecule has 0 heterocycles. The van der Waals surface area contributed by atoms with Crippen LogP contribution in [0, 0.1) is 0 Å². The van der Waals surface area contributed by atoms with Gasteiger partial charge in [-0.1, -0.05) is 187 Å². The van der Waals surface area contributed by atoms with Crippen molar-refractivity contribution in [2.45, 2.75) is 251 Å². The highest BCUT2D eigenvalue weighted by atomic mass is 16.5. The summed E-state index contributed by atoms with van der Waals surface area (Å²) in [5.74, 6) is -0.489. The third-order valence-electron chi connectivity index (χ3n) is 10.1. The summed E-state index contributed by atoms with van der Waals surface area (Å²) in [5, 5.41) is 23.6. The molecule has 6 nitrogen and oxygen atoms in total. The van der Waals surface area contributed by atoms with Gasteiger partial charge < -0.3 is 20.3 Å². The molecule has 50 heavy (non-hydrogen) atoms. The zero-order chi connectivity index (χ0) is 36.8. The van der Waals surface area contributed by atoms with E-state index >= 15 is 0 Å². The second kappa shape index (κ2) is 38.8. The van der Waals surface area contributed by atoms with Gasteiger partial charge in [0.1, 0.15) is 6.10 Å². The number of rotatable bonds is 39. The number of carbonyl (C=O) groups excluding carboxylic acids is 2. The van der Waals surface area contributed by atoms with Gasteiger partial charge in [0.25, 0.3) is 0 Å². The van der Waals surface area contributed by atoms with E-state index < -0.39 is 18.2 Å². The van der Waals surface area contributed by atoms with Gasteiger partial charge in [-0.25, -0.2) is 0 Å². The van der Waals surface area contributed by atoms with Gasteiger partial charge >= 0.3 is 5.97 Å². The van der Waals surface area contributed by atoms with Crippen molar-refractivity contribution in [1.29, 1.82) is 0 Å². The molecule has 3 unspecified atom stereocenters. The van der Waals surface area contributed by atoms with E-state index in [2.05, 4.69) is 38.2 Å². The number of amides is 1. The number of aliphatic hydroxyl groups excluding tert-OH is 2. The smallest absolute Gasteiger partial charge is 0.306 e. The van der Waals surface area contributed by atoms with Crippen LogP contribution in [-0.4, -0.2) is 46.9 Å². The predicted octanol–water partition coefficient (Wildman–Crippen LogP) is 12.2. The van der Waals surface area contributed by atoms with E-state index in [1.807, 2.05) is 0 Å². The Morgan fingerprint density at radius 3 is 1.50 bits per heavy atom. The quantitative estimate of drug-likeness (QED) is 0.0336. The molecule has 0 saturated carbocycles. The Bertz CT molecular complexity index is 757. The van der Waals surface area contributed by atoms with E-state index in [0.29, 0.717) is 19.3 Å². The van der Waals surface area contributed by atoms with Crippen LogP contribution >= 0.6 is 0 Å². The maximum absolute atomic E-state index is 13.0. The van der Waals surface area contributed by atoms with Crippen molar-refractivity contribution in [3.05, 3.63) is 12.2 Å². The molecule has 0 aliphatic heterocycles. The first kappa shape index (κ1) is 48.6. The summed E-state index contributed by atoms with van der Waals surface area (Å²) < 4.78 is 5.85. The first-order valence-electron chi connectivity index (χ1n) is 21.9. The number of carbonyl (C=O) groups is 2. The first-order valence-corrected chi connectivity index (χ1v) is 21.9. The Hall–Kier alpha value is -1.40. The second-order valence-corrected chi connectivity index (χ2v) is 15.1. The standard InChI is InChI=1S/C44H85NO5/c1-4-7-10-13-16-19-20-21-22-23-25-27-30-33-36-42(47)41(39-46)45-43(48)38-40(35-32-29-26-18-15-12-9-6-3)50-44(49)37-34-31-28-24-17-14-11-8-5-2/h12,15,40-42,46-47H,4-11,13-14,16-39H2,1-3H3,(H,45,48)/b15-12-. The molecule has 0 rings (SSSR count). The minimum Gasteiger partial charge on any atom is -0.462 e. The zero-order valence-electron chi connectivity index (χ0n) is 33.5. The average molecular weight is 708 g/mol. The minimum atomic E-state index is -0.783. The Morgan fingerprint density at radius 1 is 0.560 bits per heavy atom. The number of nitrogens with one attached hydrogen (secondary N) is 1. The van der Waals surface area contributed by atoms with Gasteiger partial charge in [0, 0.05) is 6.42 Å². The predicted molar refractivity (Wildman–Crippen MR) is 213 cm³/mol. The number of esters is 1. The maximum atomic E-state index is 13.0. The third kappa shape index (κ3) is 33.7. The molecule has 6 heteroatoms. The van der Waals surface area contributed by atoms with Crippen LogP contribution < -0.4 is 5.32 Å². The summed E-state index contributed by atoms with van der Waals surface area (Å²) >= 11 is 0. The van der Waals surface area contributed by atoms with Crippen molar-refractivity contribution in [2.75, 3.05) is 6.61 Å². The van der Waals surface area contributed by atoms with Crippen LogP contribution in [0.2, 0.25) is 0 Å². The van der Waals surface area contributed by atoms with E-state index in [0.717, 1.165) is 70.6 Å². The average Bonchev–Trinajstić information content (AvgIpc) is 3.10. The van der Waals surface area contributed by atoms with Gasteiger partial charge in [0.15, 0.2) is 0 Å². The number of ether oxygens (including phenoxy) is 1. The Labute approximate surface area is 310 Å². The number of aliphatic hydroxyl groups is 2. The van der Waals surface area contributed by atoms with Crippen molar-refractivity contribution >= 4 is 11.9 Å². The summed E-state index contributed by atoms with van der Waals surface area (Å²) in [5.41, 5.74) is 0. The molecular formula is C44H85NO5. The fraction of sp³-hybridized carbons (Fsp3) is 0.909. The summed E-state index contributed by atoms with van der Waals surface area (Å²) in [4.78, 5) is 25.8. The SMILES string of the molecule is CCC/C=C\CCCCCC(CC(=O)NC(CO)C(O)CCCCCCCCCCCCCCCC)OC(=O)CCCCCCCCCCC. The van der Waals surface area contributed by atoms with Crippen molar-refractivity contribution in [3.63, 3.8) is 0 Å². The van der Waals surface area contributed by atoms with Gasteiger partial charge in [-0.05, 0) is 44.9 Å².